The van der Waals surface area contributed by atoms with E-state index in [2.05, 4.69) is 26.5 Å². The number of hydrogen-bond acceptors (Lipinski definition) is 1. The third-order valence-electron chi connectivity index (χ3n) is 7.77. The molecule has 3 aliphatic carbocycles. The first-order valence-corrected chi connectivity index (χ1v) is 10.0. The van der Waals surface area contributed by atoms with E-state index in [1.165, 1.54) is 56.1 Å². The molecule has 5 atom stereocenters. The molecule has 130 valence electrons. The third kappa shape index (κ3) is 2.35. The fourth-order valence-electron chi connectivity index (χ4n) is 6.73. The summed E-state index contributed by atoms with van der Waals surface area (Å²) in [6, 6.07) is 6.13. The summed E-state index contributed by atoms with van der Waals surface area (Å²) in [5, 5.41) is 9.81. The average molecular weight is 325 g/mol. The maximum atomic E-state index is 9.81. The lowest BCUT2D eigenvalue weighted by molar-refractivity contribution is 0.0374. The molecule has 0 bridgehead atoms. The van der Waals surface area contributed by atoms with Crippen molar-refractivity contribution >= 4 is 0 Å². The van der Waals surface area contributed by atoms with Crippen LogP contribution in [-0.4, -0.2) is 5.11 Å². The lowest BCUT2D eigenvalue weighted by Gasteiger charge is -2.51. The predicted octanol–water partition coefficient (Wildman–Crippen LogP) is 6.22. The number of phenolic OH excluding ortho intramolecular Hbond substituents is 1. The smallest absolute Gasteiger partial charge is 0.115 e. The molecule has 1 aromatic rings. The van der Waals surface area contributed by atoms with Gasteiger partial charge in [0.25, 0.3) is 0 Å². The molecule has 1 nitrogen and oxygen atoms in total. The molecular weight excluding hydrogens is 292 g/mol. The number of fused-ring (bicyclic) bond motifs is 5. The second-order valence-electron chi connectivity index (χ2n) is 8.88. The zero-order chi connectivity index (χ0) is 16.9. The van der Waals surface area contributed by atoms with Gasteiger partial charge in [-0.05, 0) is 97.3 Å². The summed E-state index contributed by atoms with van der Waals surface area (Å²) in [4.78, 5) is 0. The monoisotopic (exact) mass is 324 g/mol. The normalized spacial score (nSPS) is 37.4. The molecule has 0 unspecified atom stereocenters. The van der Waals surface area contributed by atoms with Gasteiger partial charge in [0, 0.05) is 0 Å². The van der Waals surface area contributed by atoms with Crippen LogP contribution in [0.1, 0.15) is 75.8 Å². The molecular formula is C23H32O. The van der Waals surface area contributed by atoms with Gasteiger partial charge in [-0.2, -0.15) is 0 Å². The molecule has 1 N–H and O–H groups in total. The fourth-order valence-corrected chi connectivity index (χ4v) is 6.73. The minimum Gasteiger partial charge on any atom is -0.508 e. The Morgan fingerprint density at radius 1 is 1.25 bits per heavy atom. The Balaban J connectivity index is 1.62. The molecule has 0 spiro atoms. The molecule has 0 radical (unpaired) electrons. The van der Waals surface area contributed by atoms with Gasteiger partial charge in [-0.3, -0.25) is 0 Å². The van der Waals surface area contributed by atoms with Crippen molar-refractivity contribution in [3.8, 4) is 5.75 Å². The van der Waals surface area contributed by atoms with E-state index in [1.54, 1.807) is 5.56 Å². The van der Waals surface area contributed by atoms with Crippen molar-refractivity contribution in [3.63, 3.8) is 0 Å². The van der Waals surface area contributed by atoms with E-state index in [0.29, 0.717) is 11.2 Å². The molecule has 0 aliphatic heterocycles. The first-order valence-electron chi connectivity index (χ1n) is 10.0. The van der Waals surface area contributed by atoms with E-state index in [1.807, 2.05) is 12.1 Å². The Hall–Kier alpha value is -1.24. The lowest BCUT2D eigenvalue weighted by atomic mass is 9.53. The van der Waals surface area contributed by atoms with Crippen molar-refractivity contribution in [2.45, 2.75) is 71.1 Å². The average Bonchev–Trinajstić information content (AvgIpc) is 2.92. The number of aromatic hydroxyl groups is 1. The standard InChI is InChI=1S/C23H32O/c1-4-5-15(2)21-10-11-22-20-8-6-16-14-17(24)7-9-18(16)19(20)12-13-23(21,22)3/h7,9,14,19-22,24H,2,4-6,8,10-13H2,1,3H3/t19-,20-,21-,22+,23-/m1/s1. The summed E-state index contributed by atoms with van der Waals surface area (Å²) in [7, 11) is 0. The van der Waals surface area contributed by atoms with Crippen molar-refractivity contribution in [2.24, 2.45) is 23.2 Å². The maximum absolute atomic E-state index is 9.81. The van der Waals surface area contributed by atoms with Crippen LogP contribution in [0.25, 0.3) is 0 Å². The Kier molecular flexibility index (Phi) is 4.01. The molecule has 0 heterocycles. The molecule has 2 fully saturated rings. The molecule has 0 saturated heterocycles. The van der Waals surface area contributed by atoms with Crippen LogP contribution in [0.4, 0.5) is 0 Å². The molecule has 4 rings (SSSR count). The molecule has 1 heteroatoms. The van der Waals surface area contributed by atoms with E-state index < -0.39 is 0 Å². The molecule has 24 heavy (non-hydrogen) atoms. The Morgan fingerprint density at radius 2 is 2.08 bits per heavy atom. The summed E-state index contributed by atoms with van der Waals surface area (Å²) in [5.74, 6) is 3.64. The van der Waals surface area contributed by atoms with Crippen LogP contribution in [0.5, 0.6) is 5.75 Å². The maximum Gasteiger partial charge on any atom is 0.115 e. The van der Waals surface area contributed by atoms with Crippen molar-refractivity contribution < 1.29 is 5.11 Å². The van der Waals surface area contributed by atoms with E-state index in [0.717, 1.165) is 30.1 Å². The lowest BCUT2D eigenvalue weighted by Crippen LogP contribution is -2.42. The number of allylic oxidation sites excluding steroid dienone is 1. The molecule has 1 aromatic carbocycles. The van der Waals surface area contributed by atoms with Crippen LogP contribution in [0.2, 0.25) is 0 Å². The molecule has 0 amide bonds. The van der Waals surface area contributed by atoms with Crippen molar-refractivity contribution in [1.29, 1.82) is 0 Å². The van der Waals surface area contributed by atoms with Crippen LogP contribution < -0.4 is 0 Å². The van der Waals surface area contributed by atoms with Crippen LogP contribution >= 0.6 is 0 Å². The van der Waals surface area contributed by atoms with Gasteiger partial charge < -0.3 is 5.11 Å². The number of rotatable bonds is 3. The van der Waals surface area contributed by atoms with Crippen LogP contribution in [-0.2, 0) is 6.42 Å². The summed E-state index contributed by atoms with van der Waals surface area (Å²) >= 11 is 0. The summed E-state index contributed by atoms with van der Waals surface area (Å²) < 4.78 is 0. The highest BCUT2D eigenvalue weighted by Crippen LogP contribution is 2.64. The largest absolute Gasteiger partial charge is 0.508 e. The zero-order valence-corrected chi connectivity index (χ0v) is 15.4. The second-order valence-corrected chi connectivity index (χ2v) is 8.88. The van der Waals surface area contributed by atoms with Crippen LogP contribution in [0.15, 0.2) is 30.4 Å². The minimum absolute atomic E-state index is 0.435. The highest BCUT2D eigenvalue weighted by atomic mass is 16.3. The van der Waals surface area contributed by atoms with Crippen molar-refractivity contribution in [3.05, 3.63) is 41.5 Å². The van der Waals surface area contributed by atoms with E-state index in [-0.39, 0.29) is 0 Å². The van der Waals surface area contributed by atoms with E-state index in [4.69, 9.17) is 0 Å². The predicted molar refractivity (Wildman–Crippen MR) is 100 cm³/mol. The third-order valence-corrected chi connectivity index (χ3v) is 7.77. The van der Waals surface area contributed by atoms with Crippen LogP contribution in [0.3, 0.4) is 0 Å². The molecule has 0 aromatic heterocycles. The van der Waals surface area contributed by atoms with Crippen LogP contribution in [0, 0.1) is 23.2 Å². The van der Waals surface area contributed by atoms with E-state index >= 15 is 0 Å². The number of phenols is 1. The summed E-state index contributed by atoms with van der Waals surface area (Å²) in [5.41, 5.74) is 4.97. The Bertz CT molecular complexity index is 645. The Labute approximate surface area is 147 Å². The topological polar surface area (TPSA) is 20.2 Å². The highest BCUT2D eigenvalue weighted by molar-refractivity contribution is 5.40. The minimum atomic E-state index is 0.435. The van der Waals surface area contributed by atoms with Gasteiger partial charge in [0.15, 0.2) is 0 Å². The van der Waals surface area contributed by atoms with Gasteiger partial charge in [-0.25, -0.2) is 0 Å². The first kappa shape index (κ1) is 16.2. The van der Waals surface area contributed by atoms with E-state index in [9.17, 15) is 5.11 Å². The van der Waals surface area contributed by atoms with Gasteiger partial charge in [-0.1, -0.05) is 38.5 Å². The van der Waals surface area contributed by atoms with Gasteiger partial charge in [0.1, 0.15) is 5.75 Å². The van der Waals surface area contributed by atoms with Crippen molar-refractivity contribution in [1.82, 2.24) is 0 Å². The number of benzene rings is 1. The van der Waals surface area contributed by atoms with Crippen molar-refractivity contribution in [2.75, 3.05) is 0 Å². The second kappa shape index (κ2) is 5.93. The Morgan fingerprint density at radius 3 is 2.88 bits per heavy atom. The van der Waals surface area contributed by atoms with Gasteiger partial charge >= 0.3 is 0 Å². The summed E-state index contributed by atoms with van der Waals surface area (Å²) in [6.07, 6.45) is 10.4. The number of aryl methyl sites for hydroxylation is 1. The van der Waals surface area contributed by atoms with Gasteiger partial charge in [0.05, 0.1) is 0 Å². The number of hydrogen-bond donors (Lipinski definition) is 1. The highest BCUT2D eigenvalue weighted by Gasteiger charge is 2.54. The summed E-state index contributed by atoms with van der Waals surface area (Å²) in [6.45, 7) is 9.35. The molecule has 2 saturated carbocycles. The zero-order valence-electron chi connectivity index (χ0n) is 15.4. The first-order chi connectivity index (χ1) is 11.5. The van der Waals surface area contributed by atoms with Gasteiger partial charge in [-0.15, -0.1) is 0 Å². The SMILES string of the molecule is C=C(CCC)[C@H]1CC[C@H]2[C@@H]3CCc4cc(O)ccc4[C@H]3CC[C@]12C. The van der Waals surface area contributed by atoms with Gasteiger partial charge in [0.2, 0.25) is 0 Å². The quantitative estimate of drug-likeness (QED) is 0.654. The molecule has 3 aliphatic rings. The fraction of sp³-hybridized carbons (Fsp3) is 0.652.